The van der Waals surface area contributed by atoms with Crippen molar-refractivity contribution in [3.05, 3.63) is 34.7 Å². The summed E-state index contributed by atoms with van der Waals surface area (Å²) in [6.07, 6.45) is 5.93. The molecule has 0 saturated heterocycles. The van der Waals surface area contributed by atoms with E-state index in [1.807, 2.05) is 31.2 Å². The molecule has 1 fully saturated rings. The average Bonchev–Trinajstić information content (AvgIpc) is 2.94. The van der Waals surface area contributed by atoms with Crippen molar-refractivity contribution in [1.82, 2.24) is 19.8 Å². The molecule has 7 heteroatoms. The van der Waals surface area contributed by atoms with E-state index >= 15 is 0 Å². The van der Waals surface area contributed by atoms with E-state index in [-0.39, 0.29) is 43.1 Å². The number of carbonyl (C=O) groups excluding carboxylic acids is 2. The Morgan fingerprint density at radius 1 is 1.04 bits per heavy atom. The number of aryl methyl sites for hydroxylation is 1. The third kappa shape index (κ3) is 4.59. The lowest BCUT2D eigenvalue weighted by Gasteiger charge is -2.22. The number of nitrogens with zero attached hydrogens (tertiary/aromatic N) is 2. The minimum absolute atomic E-state index is 0.0260. The van der Waals surface area contributed by atoms with Gasteiger partial charge >= 0.3 is 5.69 Å². The van der Waals surface area contributed by atoms with Crippen molar-refractivity contribution in [2.24, 2.45) is 0 Å². The lowest BCUT2D eigenvalue weighted by Crippen LogP contribution is -2.39. The van der Waals surface area contributed by atoms with Gasteiger partial charge in [0.15, 0.2) is 0 Å². The van der Waals surface area contributed by atoms with E-state index in [0.29, 0.717) is 6.54 Å². The Hall–Kier alpha value is -2.57. The highest BCUT2D eigenvalue weighted by atomic mass is 16.2. The highest BCUT2D eigenvalue weighted by Gasteiger charge is 2.16. The Balaban J connectivity index is 1.52. The Morgan fingerprint density at radius 3 is 2.37 bits per heavy atom. The number of rotatable bonds is 7. The first-order valence-electron chi connectivity index (χ1n) is 9.84. The molecule has 1 aromatic carbocycles. The molecule has 3 rings (SSSR count). The predicted molar refractivity (Wildman–Crippen MR) is 105 cm³/mol. The number of aromatic nitrogens is 2. The minimum atomic E-state index is -0.262. The molecule has 0 aliphatic heterocycles. The maximum absolute atomic E-state index is 12.5. The zero-order chi connectivity index (χ0) is 19.2. The fourth-order valence-electron chi connectivity index (χ4n) is 3.79. The molecule has 1 aliphatic carbocycles. The molecule has 1 saturated carbocycles. The Labute approximate surface area is 158 Å². The zero-order valence-electron chi connectivity index (χ0n) is 15.9. The highest BCUT2D eigenvalue weighted by molar-refractivity contribution is 5.81. The summed E-state index contributed by atoms with van der Waals surface area (Å²) in [7, 11) is 0. The van der Waals surface area contributed by atoms with Crippen LogP contribution in [0, 0.1) is 0 Å². The van der Waals surface area contributed by atoms with Gasteiger partial charge in [-0.15, -0.1) is 0 Å². The summed E-state index contributed by atoms with van der Waals surface area (Å²) in [6.45, 7) is 2.69. The zero-order valence-corrected chi connectivity index (χ0v) is 15.9. The van der Waals surface area contributed by atoms with Gasteiger partial charge in [0.2, 0.25) is 11.8 Å². The number of fused-ring (bicyclic) bond motifs is 1. The van der Waals surface area contributed by atoms with Crippen LogP contribution in [-0.2, 0) is 22.7 Å². The monoisotopic (exact) mass is 372 g/mol. The number of para-hydroxylation sites is 2. The molecule has 0 unspecified atom stereocenters. The van der Waals surface area contributed by atoms with Crippen molar-refractivity contribution in [2.75, 3.05) is 6.54 Å². The van der Waals surface area contributed by atoms with Crippen LogP contribution in [0.15, 0.2) is 29.1 Å². The van der Waals surface area contributed by atoms with E-state index < -0.39 is 0 Å². The maximum Gasteiger partial charge on any atom is 0.329 e. The molecule has 27 heavy (non-hydrogen) atoms. The van der Waals surface area contributed by atoms with Crippen molar-refractivity contribution in [2.45, 2.75) is 64.6 Å². The first-order chi connectivity index (χ1) is 13.1. The van der Waals surface area contributed by atoms with Crippen LogP contribution in [0.3, 0.4) is 0 Å². The van der Waals surface area contributed by atoms with Gasteiger partial charge in [-0.25, -0.2) is 4.79 Å². The van der Waals surface area contributed by atoms with Crippen LogP contribution in [0.25, 0.3) is 11.0 Å². The normalized spacial score (nSPS) is 15.0. The van der Waals surface area contributed by atoms with E-state index in [1.165, 1.54) is 23.8 Å². The summed E-state index contributed by atoms with van der Waals surface area (Å²) < 4.78 is 3.14. The molecular formula is C20H28N4O3. The van der Waals surface area contributed by atoms with Crippen molar-refractivity contribution in [1.29, 1.82) is 0 Å². The minimum Gasteiger partial charge on any atom is -0.354 e. The fraction of sp³-hybridized carbons (Fsp3) is 0.550. The van der Waals surface area contributed by atoms with E-state index in [2.05, 4.69) is 10.6 Å². The van der Waals surface area contributed by atoms with Crippen LogP contribution >= 0.6 is 0 Å². The van der Waals surface area contributed by atoms with Gasteiger partial charge in [-0.2, -0.15) is 0 Å². The fourth-order valence-corrected chi connectivity index (χ4v) is 3.79. The molecule has 0 radical (unpaired) electrons. The summed E-state index contributed by atoms with van der Waals surface area (Å²) in [5.41, 5.74) is 1.38. The molecule has 0 spiro atoms. The molecule has 0 atom stereocenters. The smallest absolute Gasteiger partial charge is 0.329 e. The second kappa shape index (κ2) is 8.88. The average molecular weight is 372 g/mol. The topological polar surface area (TPSA) is 85.1 Å². The van der Waals surface area contributed by atoms with Crippen LogP contribution in [-0.4, -0.2) is 33.5 Å². The van der Waals surface area contributed by atoms with Crippen LogP contribution in [0.1, 0.15) is 45.4 Å². The molecular weight excluding hydrogens is 344 g/mol. The molecule has 2 amide bonds. The standard InChI is InChI=1S/C20H28N4O3/c1-2-23-16-10-6-7-11-17(16)24(20(23)27)14-19(26)21-13-12-18(25)22-15-8-4-3-5-9-15/h6-7,10-11,15H,2-5,8-9,12-14H2,1H3,(H,21,26)(H,22,25). The van der Waals surface area contributed by atoms with Gasteiger partial charge in [0.1, 0.15) is 6.54 Å². The van der Waals surface area contributed by atoms with Gasteiger partial charge in [-0.05, 0) is 31.9 Å². The second-order valence-electron chi connectivity index (χ2n) is 7.10. The molecule has 1 aromatic heterocycles. The first kappa shape index (κ1) is 19.2. The van der Waals surface area contributed by atoms with Crippen molar-refractivity contribution in [3.63, 3.8) is 0 Å². The van der Waals surface area contributed by atoms with E-state index in [0.717, 1.165) is 23.9 Å². The number of nitrogens with one attached hydrogen (secondary N) is 2. The van der Waals surface area contributed by atoms with E-state index in [1.54, 1.807) is 4.57 Å². The van der Waals surface area contributed by atoms with E-state index in [9.17, 15) is 14.4 Å². The van der Waals surface area contributed by atoms with Crippen molar-refractivity contribution in [3.8, 4) is 0 Å². The number of imidazole rings is 1. The number of hydrogen-bond donors (Lipinski definition) is 2. The lowest BCUT2D eigenvalue weighted by atomic mass is 9.95. The molecule has 1 heterocycles. The second-order valence-corrected chi connectivity index (χ2v) is 7.10. The van der Waals surface area contributed by atoms with Gasteiger partial charge in [0.05, 0.1) is 11.0 Å². The lowest BCUT2D eigenvalue weighted by molar-refractivity contribution is -0.123. The van der Waals surface area contributed by atoms with Gasteiger partial charge in [0, 0.05) is 25.6 Å². The molecule has 0 bridgehead atoms. The third-order valence-electron chi connectivity index (χ3n) is 5.19. The maximum atomic E-state index is 12.5. The Bertz CT molecular complexity index is 862. The predicted octanol–water partition coefficient (Wildman–Crippen LogP) is 1.78. The highest BCUT2D eigenvalue weighted by Crippen LogP contribution is 2.17. The number of benzene rings is 1. The summed E-state index contributed by atoms with van der Waals surface area (Å²) in [4.78, 5) is 36.8. The molecule has 2 aromatic rings. The number of amides is 2. The molecule has 2 N–H and O–H groups in total. The summed E-state index contributed by atoms with van der Waals surface area (Å²) >= 11 is 0. The quantitative estimate of drug-likeness (QED) is 0.777. The first-order valence-corrected chi connectivity index (χ1v) is 9.84. The number of hydrogen-bond acceptors (Lipinski definition) is 3. The Morgan fingerprint density at radius 2 is 1.70 bits per heavy atom. The Kier molecular flexibility index (Phi) is 6.32. The summed E-state index contributed by atoms with van der Waals surface area (Å²) in [6, 6.07) is 7.73. The third-order valence-corrected chi connectivity index (χ3v) is 5.19. The van der Waals surface area contributed by atoms with Gasteiger partial charge in [0.25, 0.3) is 0 Å². The largest absolute Gasteiger partial charge is 0.354 e. The van der Waals surface area contributed by atoms with Gasteiger partial charge in [-0.3, -0.25) is 18.7 Å². The molecule has 7 nitrogen and oxygen atoms in total. The van der Waals surface area contributed by atoms with Gasteiger partial charge in [-0.1, -0.05) is 31.4 Å². The molecule has 146 valence electrons. The molecule has 1 aliphatic rings. The van der Waals surface area contributed by atoms with E-state index in [4.69, 9.17) is 0 Å². The van der Waals surface area contributed by atoms with Gasteiger partial charge < -0.3 is 10.6 Å². The van der Waals surface area contributed by atoms with Crippen LogP contribution in [0.2, 0.25) is 0 Å². The van der Waals surface area contributed by atoms with Crippen molar-refractivity contribution >= 4 is 22.8 Å². The van der Waals surface area contributed by atoms with Crippen LogP contribution in [0.4, 0.5) is 0 Å². The van der Waals surface area contributed by atoms with Crippen LogP contribution < -0.4 is 16.3 Å². The summed E-state index contributed by atoms with van der Waals surface area (Å²) in [5, 5.41) is 5.79. The number of carbonyl (C=O) groups is 2. The SMILES string of the molecule is CCn1c(=O)n(CC(=O)NCCC(=O)NC2CCCCC2)c2ccccc21. The van der Waals surface area contributed by atoms with Crippen molar-refractivity contribution < 1.29 is 9.59 Å². The van der Waals surface area contributed by atoms with Crippen LogP contribution in [0.5, 0.6) is 0 Å². The summed E-state index contributed by atoms with van der Waals surface area (Å²) in [5.74, 6) is -0.288.